The number of hydrogen-bond donors (Lipinski definition) is 3. The van der Waals surface area contributed by atoms with Crippen LogP contribution in [0.3, 0.4) is 0 Å². The summed E-state index contributed by atoms with van der Waals surface area (Å²) in [5.74, 6) is 0.161. The molecule has 87 heavy (non-hydrogen) atoms. The third kappa shape index (κ3) is 62.6. The summed E-state index contributed by atoms with van der Waals surface area (Å²) in [4.78, 5) is 72.2. The number of unbranched alkanes of at least 4 members (excludes halogenated alkanes) is 34. The monoisotopic (exact) mass is 1280 g/mol. The van der Waals surface area contributed by atoms with E-state index in [0.717, 1.165) is 114 Å². The van der Waals surface area contributed by atoms with E-state index in [1.165, 1.54) is 141 Å². The van der Waals surface area contributed by atoms with Crippen molar-refractivity contribution in [3.05, 3.63) is 0 Å². The minimum atomic E-state index is -4.95. The van der Waals surface area contributed by atoms with Crippen LogP contribution in [0.4, 0.5) is 0 Å². The van der Waals surface area contributed by atoms with E-state index < -0.39 is 97.5 Å². The average molecular weight is 1280 g/mol. The number of phosphoric acid groups is 2. The standard InChI is InChI=1S/C68H132O17P2/c1-8-9-10-32-42-49-65(70)78-55-63(84-67(72)52-45-38-31-25-19-18-22-28-35-41-48-61(6)7)57-82-86(74,75)80-53-62(69)54-81-87(76,77)83-58-64(56-79-66(71)50-43-36-29-23-17-13-15-21-27-34-40-47-60(4)5)85-68(73)51-44-37-30-24-16-12-11-14-20-26-33-39-46-59(2)3/h59-64,69H,8-58H2,1-7H3,(H,74,75)(H,76,77)/t62-,63+,64+/m0/s1. The minimum Gasteiger partial charge on any atom is -0.462 e. The van der Waals surface area contributed by atoms with Crippen LogP contribution in [0.15, 0.2) is 0 Å². The maximum atomic E-state index is 13.0. The number of carbonyl (C=O) groups is 4. The number of phosphoric ester groups is 2. The second-order valence-electron chi connectivity index (χ2n) is 26.0. The zero-order chi connectivity index (χ0) is 64.5. The van der Waals surface area contributed by atoms with E-state index in [2.05, 4.69) is 48.5 Å². The summed E-state index contributed by atoms with van der Waals surface area (Å²) in [7, 11) is -9.89. The summed E-state index contributed by atoms with van der Waals surface area (Å²) < 4.78 is 68.0. The number of carbonyl (C=O) groups excluding carboxylic acids is 4. The van der Waals surface area contributed by atoms with Crippen LogP contribution in [0.25, 0.3) is 0 Å². The normalized spacial score (nSPS) is 14.3. The summed E-state index contributed by atoms with van der Waals surface area (Å²) in [6.07, 6.45) is 42.0. The van der Waals surface area contributed by atoms with Crippen molar-refractivity contribution >= 4 is 39.5 Å². The van der Waals surface area contributed by atoms with Gasteiger partial charge in [-0.3, -0.25) is 37.3 Å². The predicted molar refractivity (Wildman–Crippen MR) is 349 cm³/mol. The van der Waals surface area contributed by atoms with Gasteiger partial charge in [-0.25, -0.2) is 9.13 Å². The lowest BCUT2D eigenvalue weighted by Crippen LogP contribution is -2.30. The van der Waals surface area contributed by atoms with Crippen LogP contribution in [-0.2, 0) is 65.4 Å². The van der Waals surface area contributed by atoms with Crippen molar-refractivity contribution in [2.45, 2.75) is 356 Å². The van der Waals surface area contributed by atoms with Gasteiger partial charge in [-0.1, -0.05) is 286 Å². The summed E-state index contributed by atoms with van der Waals surface area (Å²) in [6.45, 7) is 11.7. The van der Waals surface area contributed by atoms with E-state index in [1.807, 2.05) is 0 Å². The first-order valence-electron chi connectivity index (χ1n) is 35.3. The van der Waals surface area contributed by atoms with Crippen molar-refractivity contribution in [3.8, 4) is 0 Å². The summed E-state index contributed by atoms with van der Waals surface area (Å²) in [5.41, 5.74) is 0. The molecule has 3 N–H and O–H groups in total. The van der Waals surface area contributed by atoms with Gasteiger partial charge in [0.15, 0.2) is 12.2 Å². The Kier molecular flexibility index (Phi) is 57.8. The first-order chi connectivity index (χ1) is 41.7. The number of aliphatic hydroxyl groups excluding tert-OH is 1. The Labute approximate surface area is 530 Å². The van der Waals surface area contributed by atoms with Crippen LogP contribution in [0.1, 0.15) is 337 Å². The molecular weight excluding hydrogens is 1150 g/mol. The summed E-state index contributed by atoms with van der Waals surface area (Å²) in [5, 5.41) is 10.5. The molecule has 516 valence electrons. The Morgan fingerprint density at radius 2 is 0.529 bits per heavy atom. The topological polar surface area (TPSA) is 237 Å². The number of aliphatic hydroxyl groups is 1. The van der Waals surface area contributed by atoms with E-state index >= 15 is 0 Å². The van der Waals surface area contributed by atoms with Crippen LogP contribution in [0, 0.1) is 17.8 Å². The molecule has 0 saturated heterocycles. The molecule has 5 atom stereocenters. The van der Waals surface area contributed by atoms with Gasteiger partial charge in [0.05, 0.1) is 26.4 Å². The van der Waals surface area contributed by atoms with E-state index in [-0.39, 0.29) is 25.7 Å². The molecule has 0 aliphatic carbocycles. The van der Waals surface area contributed by atoms with Gasteiger partial charge < -0.3 is 33.8 Å². The molecule has 0 aromatic rings. The van der Waals surface area contributed by atoms with Gasteiger partial charge in [-0.05, 0) is 43.4 Å². The smallest absolute Gasteiger partial charge is 0.462 e. The van der Waals surface area contributed by atoms with Gasteiger partial charge in [-0.2, -0.15) is 0 Å². The SMILES string of the molecule is CCCCCCCC(=O)OC[C@H](COP(=O)(O)OC[C@H](O)COP(=O)(O)OC[C@@H](COC(=O)CCCCCCCCCCCCCC(C)C)OC(=O)CCCCCCCCCCCCCCC(C)C)OC(=O)CCCCCCCCCCCCC(C)C. The van der Waals surface area contributed by atoms with Crippen LogP contribution in [-0.4, -0.2) is 96.7 Å². The van der Waals surface area contributed by atoms with E-state index in [4.69, 9.17) is 37.0 Å². The molecule has 17 nitrogen and oxygen atoms in total. The zero-order valence-electron chi connectivity index (χ0n) is 56.5. The highest BCUT2D eigenvalue weighted by Gasteiger charge is 2.30. The van der Waals surface area contributed by atoms with Gasteiger partial charge >= 0.3 is 39.5 Å². The first-order valence-corrected chi connectivity index (χ1v) is 38.3. The molecule has 0 heterocycles. The zero-order valence-corrected chi connectivity index (χ0v) is 58.3. The Hall–Kier alpha value is -1.94. The fraction of sp³-hybridized carbons (Fsp3) is 0.941. The maximum Gasteiger partial charge on any atom is 0.472 e. The summed E-state index contributed by atoms with van der Waals surface area (Å²) >= 11 is 0. The van der Waals surface area contributed by atoms with Gasteiger partial charge in [0.25, 0.3) is 0 Å². The van der Waals surface area contributed by atoms with Crippen molar-refractivity contribution < 1.29 is 80.2 Å². The predicted octanol–water partition coefficient (Wildman–Crippen LogP) is 19.1. The molecular formula is C68H132O17P2. The highest BCUT2D eigenvalue weighted by atomic mass is 31.2. The van der Waals surface area contributed by atoms with Crippen molar-refractivity contribution in [1.82, 2.24) is 0 Å². The quantitative estimate of drug-likeness (QED) is 0.0222. The Morgan fingerprint density at radius 1 is 0.310 bits per heavy atom. The van der Waals surface area contributed by atoms with Crippen LogP contribution in [0.5, 0.6) is 0 Å². The lowest BCUT2D eigenvalue weighted by Gasteiger charge is -2.21. The lowest BCUT2D eigenvalue weighted by molar-refractivity contribution is -0.161. The van der Waals surface area contributed by atoms with E-state index in [1.54, 1.807) is 0 Å². The fourth-order valence-corrected chi connectivity index (χ4v) is 11.8. The molecule has 0 aromatic carbocycles. The molecule has 0 saturated carbocycles. The van der Waals surface area contributed by atoms with Crippen LogP contribution in [0.2, 0.25) is 0 Å². The summed E-state index contributed by atoms with van der Waals surface area (Å²) in [6, 6.07) is 0. The molecule has 0 aliphatic heterocycles. The molecule has 0 bridgehead atoms. The van der Waals surface area contributed by atoms with Crippen molar-refractivity contribution in [2.75, 3.05) is 39.6 Å². The number of rotatable bonds is 66. The van der Waals surface area contributed by atoms with Gasteiger partial charge in [-0.15, -0.1) is 0 Å². The van der Waals surface area contributed by atoms with Gasteiger partial charge in [0, 0.05) is 25.7 Å². The van der Waals surface area contributed by atoms with Crippen molar-refractivity contribution in [3.63, 3.8) is 0 Å². The molecule has 2 unspecified atom stereocenters. The third-order valence-electron chi connectivity index (χ3n) is 15.6. The first kappa shape index (κ1) is 85.1. The largest absolute Gasteiger partial charge is 0.472 e. The second-order valence-corrected chi connectivity index (χ2v) is 28.9. The molecule has 0 radical (unpaired) electrons. The lowest BCUT2D eigenvalue weighted by atomic mass is 10.0. The van der Waals surface area contributed by atoms with Gasteiger partial charge in [0.2, 0.25) is 0 Å². The highest BCUT2D eigenvalue weighted by molar-refractivity contribution is 7.47. The van der Waals surface area contributed by atoms with Crippen molar-refractivity contribution in [1.29, 1.82) is 0 Å². The van der Waals surface area contributed by atoms with Crippen LogP contribution < -0.4 is 0 Å². The van der Waals surface area contributed by atoms with E-state index in [9.17, 15) is 43.2 Å². The van der Waals surface area contributed by atoms with Gasteiger partial charge in [0.1, 0.15) is 19.3 Å². The Bertz CT molecular complexity index is 1720. The highest BCUT2D eigenvalue weighted by Crippen LogP contribution is 2.45. The fourth-order valence-electron chi connectivity index (χ4n) is 10.2. The van der Waals surface area contributed by atoms with Crippen LogP contribution >= 0.6 is 15.6 Å². The molecule has 19 heteroatoms. The van der Waals surface area contributed by atoms with Crippen molar-refractivity contribution in [2.24, 2.45) is 17.8 Å². The number of hydrogen-bond acceptors (Lipinski definition) is 15. The molecule has 0 amide bonds. The average Bonchev–Trinajstić information content (AvgIpc) is 3.68. The molecule has 0 rings (SSSR count). The maximum absolute atomic E-state index is 13.0. The number of esters is 4. The molecule has 0 aromatic heterocycles. The number of ether oxygens (including phenoxy) is 4. The molecule has 0 spiro atoms. The second kappa shape index (κ2) is 59.1. The molecule has 0 aliphatic rings. The third-order valence-corrected chi connectivity index (χ3v) is 17.5. The molecule has 0 fully saturated rings. The Morgan fingerprint density at radius 3 is 0.782 bits per heavy atom. The van der Waals surface area contributed by atoms with E-state index in [0.29, 0.717) is 25.7 Å². The Balaban J connectivity index is 5.17. The minimum absolute atomic E-state index is 0.105.